The van der Waals surface area contributed by atoms with E-state index in [1.807, 2.05) is 31.2 Å². The first-order chi connectivity index (χ1) is 11.9. The molecule has 1 aromatic heterocycles. The summed E-state index contributed by atoms with van der Waals surface area (Å²) < 4.78 is 22.8. The van der Waals surface area contributed by atoms with Gasteiger partial charge in [-0.15, -0.1) is 11.3 Å². The van der Waals surface area contributed by atoms with Crippen LogP contribution in [0, 0.1) is 0 Å². The van der Waals surface area contributed by atoms with E-state index in [1.54, 1.807) is 6.07 Å². The average molecular weight is 401 g/mol. The van der Waals surface area contributed by atoms with Crippen molar-refractivity contribution in [1.82, 2.24) is 10.6 Å². The molecule has 0 atom stereocenters. The molecule has 0 aliphatic rings. The van der Waals surface area contributed by atoms with Crippen molar-refractivity contribution in [3.63, 3.8) is 0 Å². The number of guanidine groups is 1. The van der Waals surface area contributed by atoms with E-state index in [9.17, 15) is 8.42 Å². The van der Waals surface area contributed by atoms with Crippen LogP contribution >= 0.6 is 22.9 Å². The lowest BCUT2D eigenvalue weighted by Crippen LogP contribution is -2.38. The Kier molecular flexibility index (Phi) is 7.24. The summed E-state index contributed by atoms with van der Waals surface area (Å²) in [5.74, 6) is 0.667. The van der Waals surface area contributed by atoms with Crippen molar-refractivity contribution >= 4 is 38.9 Å². The van der Waals surface area contributed by atoms with Crippen LogP contribution in [0.3, 0.4) is 0 Å². The first-order valence-electron chi connectivity index (χ1n) is 7.77. The third kappa shape index (κ3) is 6.32. The van der Waals surface area contributed by atoms with E-state index in [-0.39, 0.29) is 4.21 Å². The third-order valence-corrected chi connectivity index (χ3v) is 6.18. The molecular weight excluding hydrogens is 380 g/mol. The topological polar surface area (TPSA) is 96.6 Å². The molecule has 1 heterocycles. The number of nitrogens with two attached hydrogens (primary N) is 1. The lowest BCUT2D eigenvalue weighted by molar-refractivity contribution is 0.600. The standard InChI is InChI=1S/C16H21ClN4O2S2/c1-2-19-16(20-10-9-12-5-3-4-6-14(12)17)21-11-13-7-8-15(24-13)25(18,22)23/h3-8H,2,9-11H2,1H3,(H2,18,22,23)(H2,19,20,21). The molecule has 4 N–H and O–H groups in total. The number of nitrogens with zero attached hydrogens (tertiary/aromatic N) is 1. The van der Waals surface area contributed by atoms with Crippen molar-refractivity contribution in [3.8, 4) is 0 Å². The second kappa shape index (κ2) is 9.19. The number of thiophene rings is 1. The summed E-state index contributed by atoms with van der Waals surface area (Å²) >= 11 is 7.28. The molecule has 0 bridgehead atoms. The molecule has 6 nitrogen and oxygen atoms in total. The van der Waals surface area contributed by atoms with E-state index < -0.39 is 10.0 Å². The largest absolute Gasteiger partial charge is 0.357 e. The molecule has 0 aliphatic heterocycles. The van der Waals surface area contributed by atoms with Gasteiger partial charge in [0.25, 0.3) is 0 Å². The van der Waals surface area contributed by atoms with Gasteiger partial charge in [0, 0.05) is 23.0 Å². The number of halogens is 1. The van der Waals surface area contributed by atoms with Crippen LogP contribution in [0.15, 0.2) is 45.6 Å². The smallest absolute Gasteiger partial charge is 0.247 e. The Morgan fingerprint density at radius 1 is 1.24 bits per heavy atom. The number of hydrogen-bond acceptors (Lipinski definition) is 4. The molecule has 0 saturated carbocycles. The van der Waals surface area contributed by atoms with E-state index in [2.05, 4.69) is 15.6 Å². The number of primary sulfonamides is 1. The average Bonchev–Trinajstić information content (AvgIpc) is 3.03. The summed E-state index contributed by atoms with van der Waals surface area (Å²) in [5.41, 5.74) is 1.07. The highest BCUT2D eigenvalue weighted by molar-refractivity contribution is 7.91. The fourth-order valence-corrected chi connectivity index (χ4v) is 4.04. The Balaban J connectivity index is 1.94. The van der Waals surface area contributed by atoms with Crippen LogP contribution in [-0.2, 0) is 23.0 Å². The van der Waals surface area contributed by atoms with Crippen LogP contribution in [0.1, 0.15) is 17.4 Å². The monoisotopic (exact) mass is 400 g/mol. The van der Waals surface area contributed by atoms with Gasteiger partial charge in [0.05, 0.1) is 6.54 Å². The lowest BCUT2D eigenvalue weighted by atomic mass is 10.1. The summed E-state index contributed by atoms with van der Waals surface area (Å²) in [6.07, 6.45) is 0.776. The minimum atomic E-state index is -3.65. The minimum Gasteiger partial charge on any atom is -0.357 e. The fraction of sp³-hybridized carbons (Fsp3) is 0.312. The second-order valence-electron chi connectivity index (χ2n) is 5.23. The Labute approximate surface area is 157 Å². The highest BCUT2D eigenvalue weighted by atomic mass is 35.5. The predicted molar refractivity (Wildman–Crippen MR) is 104 cm³/mol. The van der Waals surface area contributed by atoms with Crippen molar-refractivity contribution in [2.45, 2.75) is 24.1 Å². The van der Waals surface area contributed by atoms with Crippen molar-refractivity contribution in [2.75, 3.05) is 13.1 Å². The maximum atomic E-state index is 11.3. The number of aliphatic imine (C=N–C) groups is 1. The normalized spacial score (nSPS) is 12.2. The summed E-state index contributed by atoms with van der Waals surface area (Å²) in [5, 5.41) is 12.3. The maximum Gasteiger partial charge on any atom is 0.247 e. The number of nitrogens with one attached hydrogen (secondary N) is 2. The van der Waals surface area contributed by atoms with Gasteiger partial charge in [0.15, 0.2) is 5.96 Å². The van der Waals surface area contributed by atoms with Gasteiger partial charge in [-0.05, 0) is 37.1 Å². The molecule has 9 heteroatoms. The zero-order valence-electron chi connectivity index (χ0n) is 13.8. The van der Waals surface area contributed by atoms with Gasteiger partial charge in [0.1, 0.15) is 4.21 Å². The van der Waals surface area contributed by atoms with Crippen LogP contribution in [0.4, 0.5) is 0 Å². The van der Waals surface area contributed by atoms with Gasteiger partial charge in [-0.1, -0.05) is 29.8 Å². The lowest BCUT2D eigenvalue weighted by Gasteiger charge is -2.11. The van der Waals surface area contributed by atoms with E-state index in [0.29, 0.717) is 19.0 Å². The quantitative estimate of drug-likeness (QED) is 0.491. The highest BCUT2D eigenvalue weighted by Gasteiger charge is 2.11. The van der Waals surface area contributed by atoms with Gasteiger partial charge >= 0.3 is 0 Å². The molecule has 0 spiro atoms. The van der Waals surface area contributed by atoms with Crippen LogP contribution in [0.5, 0.6) is 0 Å². The van der Waals surface area contributed by atoms with Crippen molar-refractivity contribution in [3.05, 3.63) is 51.9 Å². The zero-order valence-corrected chi connectivity index (χ0v) is 16.2. The van der Waals surface area contributed by atoms with Crippen LogP contribution < -0.4 is 15.8 Å². The van der Waals surface area contributed by atoms with E-state index >= 15 is 0 Å². The fourth-order valence-electron chi connectivity index (χ4n) is 2.11. The van der Waals surface area contributed by atoms with Crippen molar-refractivity contribution in [1.29, 1.82) is 0 Å². The Hall–Kier alpha value is -1.61. The van der Waals surface area contributed by atoms with E-state index in [1.165, 1.54) is 6.07 Å². The molecule has 0 aliphatic carbocycles. The highest BCUT2D eigenvalue weighted by Crippen LogP contribution is 2.20. The van der Waals surface area contributed by atoms with Crippen LogP contribution in [0.2, 0.25) is 5.02 Å². The molecule has 0 saturated heterocycles. The van der Waals surface area contributed by atoms with Gasteiger partial charge in [-0.3, -0.25) is 0 Å². The van der Waals surface area contributed by atoms with Gasteiger partial charge in [0.2, 0.25) is 10.0 Å². The maximum absolute atomic E-state index is 11.3. The predicted octanol–water partition coefficient (Wildman–Crippen LogP) is 2.35. The molecule has 1 aromatic carbocycles. The molecular formula is C16H21ClN4O2S2. The first-order valence-corrected chi connectivity index (χ1v) is 10.5. The number of rotatable bonds is 7. The second-order valence-corrected chi connectivity index (χ2v) is 8.59. The zero-order chi connectivity index (χ0) is 18.3. The van der Waals surface area contributed by atoms with E-state index in [4.69, 9.17) is 16.7 Å². The third-order valence-electron chi connectivity index (χ3n) is 3.30. The first kappa shape index (κ1) is 19.7. The summed E-state index contributed by atoms with van der Waals surface area (Å²) in [4.78, 5) is 5.30. The van der Waals surface area contributed by atoms with Crippen LogP contribution in [0.25, 0.3) is 0 Å². The summed E-state index contributed by atoms with van der Waals surface area (Å²) in [6, 6.07) is 11.0. The molecule has 2 rings (SSSR count). The molecule has 0 amide bonds. The van der Waals surface area contributed by atoms with Crippen molar-refractivity contribution < 1.29 is 8.42 Å². The van der Waals surface area contributed by atoms with Crippen molar-refractivity contribution in [2.24, 2.45) is 10.1 Å². The minimum absolute atomic E-state index is 0.148. The van der Waals surface area contributed by atoms with Crippen LogP contribution in [-0.4, -0.2) is 27.5 Å². The van der Waals surface area contributed by atoms with Gasteiger partial charge in [-0.2, -0.15) is 0 Å². The SMILES string of the molecule is CCNC(=NCc1ccc(S(N)(=O)=O)s1)NCCc1ccccc1Cl. The number of benzene rings is 1. The Morgan fingerprint density at radius 2 is 2.00 bits per heavy atom. The number of sulfonamides is 1. The van der Waals surface area contributed by atoms with E-state index in [0.717, 1.165) is 39.8 Å². The molecule has 0 unspecified atom stereocenters. The molecule has 0 radical (unpaired) electrons. The van der Waals surface area contributed by atoms with Gasteiger partial charge < -0.3 is 10.6 Å². The van der Waals surface area contributed by atoms with Gasteiger partial charge in [-0.25, -0.2) is 18.5 Å². The molecule has 25 heavy (non-hydrogen) atoms. The Morgan fingerprint density at radius 3 is 2.64 bits per heavy atom. The molecule has 2 aromatic rings. The Bertz CT molecular complexity index is 834. The number of hydrogen-bond donors (Lipinski definition) is 3. The summed E-state index contributed by atoms with van der Waals surface area (Å²) in [7, 11) is -3.65. The molecule has 0 fully saturated rings. The summed E-state index contributed by atoms with van der Waals surface area (Å²) in [6.45, 7) is 3.77. The molecule has 136 valence electrons.